The number of Topliss-reactive ketones (excluding diaryl/α,β-unsaturated/α-hetero) is 1. The van der Waals surface area contributed by atoms with Crippen molar-refractivity contribution in [3.05, 3.63) is 35.4 Å². The minimum atomic E-state index is -4.57. The SMILES string of the molecule is O=C(CN1C(=O)N[C@]2(CCSC2)C1=O)c1cccc(C(F)(F)F)c1. The number of nitrogens with one attached hydrogen (secondary N) is 1. The predicted octanol–water partition coefficient (Wildman–Crippen LogP) is 2.32. The Kier molecular flexibility index (Phi) is 4.06. The number of alkyl halides is 3. The van der Waals surface area contributed by atoms with E-state index in [0.717, 1.165) is 28.9 Å². The van der Waals surface area contributed by atoms with Gasteiger partial charge in [-0.15, -0.1) is 0 Å². The normalized spacial score (nSPS) is 23.9. The van der Waals surface area contributed by atoms with Crippen molar-refractivity contribution in [2.75, 3.05) is 18.1 Å². The minimum Gasteiger partial charge on any atom is -0.322 e. The van der Waals surface area contributed by atoms with Gasteiger partial charge in [0.2, 0.25) is 0 Å². The molecule has 2 aliphatic heterocycles. The highest BCUT2D eigenvalue weighted by Gasteiger charge is 2.53. The first-order valence-corrected chi connectivity index (χ1v) is 8.31. The fraction of sp³-hybridized carbons (Fsp3) is 0.400. The summed E-state index contributed by atoms with van der Waals surface area (Å²) in [5.41, 5.74) is -2.11. The molecule has 0 radical (unpaired) electrons. The summed E-state index contributed by atoms with van der Waals surface area (Å²) in [6, 6.07) is 3.26. The van der Waals surface area contributed by atoms with Crippen molar-refractivity contribution in [3.63, 3.8) is 0 Å². The molecule has 5 nitrogen and oxygen atoms in total. The number of benzene rings is 1. The molecule has 2 fully saturated rings. The van der Waals surface area contributed by atoms with Crippen LogP contribution in [-0.2, 0) is 11.0 Å². The van der Waals surface area contributed by atoms with Gasteiger partial charge in [-0.3, -0.25) is 14.5 Å². The van der Waals surface area contributed by atoms with Gasteiger partial charge in [-0.1, -0.05) is 12.1 Å². The van der Waals surface area contributed by atoms with Crippen molar-refractivity contribution in [2.24, 2.45) is 0 Å². The zero-order valence-electron chi connectivity index (χ0n) is 12.4. The third-order valence-electron chi connectivity index (χ3n) is 4.08. The Morgan fingerprint density at radius 1 is 1.33 bits per heavy atom. The number of rotatable bonds is 3. The molecule has 0 aromatic heterocycles. The first-order valence-electron chi connectivity index (χ1n) is 7.15. The lowest BCUT2D eigenvalue weighted by Gasteiger charge is -2.19. The number of urea groups is 1. The van der Waals surface area contributed by atoms with Crippen LogP contribution >= 0.6 is 11.8 Å². The molecule has 2 heterocycles. The third kappa shape index (κ3) is 2.88. The number of hydrogen-bond acceptors (Lipinski definition) is 4. The summed E-state index contributed by atoms with van der Waals surface area (Å²) in [6.07, 6.45) is -4.08. The predicted molar refractivity (Wildman–Crippen MR) is 80.7 cm³/mol. The number of nitrogens with zero attached hydrogens (tertiary/aromatic N) is 1. The molecule has 1 aromatic rings. The second kappa shape index (κ2) is 5.80. The van der Waals surface area contributed by atoms with Crippen molar-refractivity contribution in [1.29, 1.82) is 0 Å². The number of amides is 3. The van der Waals surface area contributed by atoms with Crippen LogP contribution in [0, 0.1) is 0 Å². The largest absolute Gasteiger partial charge is 0.416 e. The number of halogens is 3. The Balaban J connectivity index is 1.78. The standard InChI is InChI=1S/C15H13F3N2O3S/c16-15(17,18)10-3-1-2-9(6-10)11(21)7-20-12(22)14(19-13(20)23)4-5-24-8-14/h1-3,6H,4-5,7-8H2,(H,19,23)/t14-/m0/s1. The Bertz CT molecular complexity index is 714. The maximum absolute atomic E-state index is 12.7. The Morgan fingerprint density at radius 3 is 2.71 bits per heavy atom. The highest BCUT2D eigenvalue weighted by molar-refractivity contribution is 7.99. The van der Waals surface area contributed by atoms with Crippen LogP contribution in [0.5, 0.6) is 0 Å². The van der Waals surface area contributed by atoms with E-state index in [1.807, 2.05) is 0 Å². The summed E-state index contributed by atoms with van der Waals surface area (Å²) >= 11 is 1.53. The lowest BCUT2D eigenvalue weighted by molar-refractivity contribution is -0.137. The average Bonchev–Trinajstić information content (AvgIpc) is 3.08. The molecule has 0 unspecified atom stereocenters. The van der Waals surface area contributed by atoms with Gasteiger partial charge in [-0.05, 0) is 24.3 Å². The maximum Gasteiger partial charge on any atom is 0.416 e. The lowest BCUT2D eigenvalue weighted by atomic mass is 9.99. The van der Waals surface area contributed by atoms with E-state index in [4.69, 9.17) is 0 Å². The van der Waals surface area contributed by atoms with Crippen LogP contribution in [0.4, 0.5) is 18.0 Å². The fourth-order valence-electron chi connectivity index (χ4n) is 2.76. The summed E-state index contributed by atoms with van der Waals surface area (Å²) in [5.74, 6) is -0.0436. The molecule has 3 amide bonds. The quantitative estimate of drug-likeness (QED) is 0.665. The molecular weight excluding hydrogens is 345 g/mol. The van der Waals surface area contributed by atoms with E-state index >= 15 is 0 Å². The molecule has 0 saturated carbocycles. The van der Waals surface area contributed by atoms with Crippen molar-refractivity contribution in [2.45, 2.75) is 18.1 Å². The average molecular weight is 358 g/mol. The zero-order valence-corrected chi connectivity index (χ0v) is 13.2. The van der Waals surface area contributed by atoms with Gasteiger partial charge in [-0.25, -0.2) is 4.79 Å². The first-order chi connectivity index (χ1) is 11.2. The van der Waals surface area contributed by atoms with E-state index < -0.39 is 41.5 Å². The number of carbonyl (C=O) groups is 3. The molecule has 2 aliphatic rings. The third-order valence-corrected chi connectivity index (χ3v) is 5.27. The molecule has 24 heavy (non-hydrogen) atoms. The van der Waals surface area contributed by atoms with Crippen LogP contribution in [0.15, 0.2) is 24.3 Å². The van der Waals surface area contributed by atoms with Crippen molar-refractivity contribution >= 4 is 29.5 Å². The summed E-state index contributed by atoms with van der Waals surface area (Å²) in [6.45, 7) is -0.571. The van der Waals surface area contributed by atoms with Gasteiger partial charge in [-0.2, -0.15) is 24.9 Å². The number of carbonyl (C=O) groups excluding carboxylic acids is 3. The molecule has 0 aliphatic carbocycles. The fourth-order valence-corrected chi connectivity index (χ4v) is 4.08. The van der Waals surface area contributed by atoms with Crippen LogP contribution in [0.3, 0.4) is 0 Å². The van der Waals surface area contributed by atoms with Gasteiger partial charge in [0.25, 0.3) is 5.91 Å². The highest BCUT2D eigenvalue weighted by atomic mass is 32.2. The first kappa shape index (κ1) is 16.8. The highest BCUT2D eigenvalue weighted by Crippen LogP contribution is 2.33. The van der Waals surface area contributed by atoms with Crippen LogP contribution in [0.25, 0.3) is 0 Å². The smallest absolute Gasteiger partial charge is 0.322 e. The molecular formula is C15H13F3N2O3S. The summed E-state index contributed by atoms with van der Waals surface area (Å²) in [4.78, 5) is 37.4. The molecule has 128 valence electrons. The second-order valence-corrected chi connectivity index (χ2v) is 6.81. The Hall–Kier alpha value is -2.03. The second-order valence-electron chi connectivity index (χ2n) is 5.71. The molecule has 2 saturated heterocycles. The number of imide groups is 1. The minimum absolute atomic E-state index is 0.188. The molecule has 0 bridgehead atoms. The van der Waals surface area contributed by atoms with E-state index in [1.54, 1.807) is 0 Å². The zero-order chi connectivity index (χ0) is 17.5. The van der Waals surface area contributed by atoms with Crippen molar-refractivity contribution < 1.29 is 27.6 Å². The Morgan fingerprint density at radius 2 is 2.08 bits per heavy atom. The van der Waals surface area contributed by atoms with E-state index in [1.165, 1.54) is 17.8 Å². The van der Waals surface area contributed by atoms with Crippen molar-refractivity contribution in [1.82, 2.24) is 10.2 Å². The van der Waals surface area contributed by atoms with Crippen molar-refractivity contribution in [3.8, 4) is 0 Å². The van der Waals surface area contributed by atoms with Gasteiger partial charge in [0.1, 0.15) is 5.54 Å². The van der Waals surface area contributed by atoms with Gasteiger partial charge >= 0.3 is 12.2 Å². The van der Waals surface area contributed by atoms with E-state index in [2.05, 4.69) is 5.32 Å². The molecule has 3 rings (SSSR count). The molecule has 1 atom stereocenters. The van der Waals surface area contributed by atoms with Gasteiger partial charge in [0, 0.05) is 11.3 Å². The summed E-state index contributed by atoms with van der Waals surface area (Å²) in [5, 5.41) is 2.61. The molecule has 9 heteroatoms. The summed E-state index contributed by atoms with van der Waals surface area (Å²) < 4.78 is 38.2. The Labute approximate surface area is 139 Å². The lowest BCUT2D eigenvalue weighted by Crippen LogP contribution is -2.47. The van der Waals surface area contributed by atoms with Gasteiger partial charge < -0.3 is 5.32 Å². The molecule has 1 N–H and O–H groups in total. The summed E-state index contributed by atoms with van der Waals surface area (Å²) in [7, 11) is 0. The van der Waals surface area contributed by atoms with Gasteiger partial charge in [0.05, 0.1) is 12.1 Å². The molecule has 1 aromatic carbocycles. The molecule has 1 spiro atoms. The number of hydrogen-bond donors (Lipinski definition) is 1. The monoisotopic (exact) mass is 358 g/mol. The number of thioether (sulfide) groups is 1. The topological polar surface area (TPSA) is 66.5 Å². The van der Waals surface area contributed by atoms with E-state index in [9.17, 15) is 27.6 Å². The maximum atomic E-state index is 12.7. The van der Waals surface area contributed by atoms with E-state index in [0.29, 0.717) is 12.2 Å². The van der Waals surface area contributed by atoms with Crippen LogP contribution < -0.4 is 5.32 Å². The number of ketones is 1. The van der Waals surface area contributed by atoms with Crippen LogP contribution in [0.1, 0.15) is 22.3 Å². The van der Waals surface area contributed by atoms with Crippen LogP contribution in [-0.4, -0.2) is 46.2 Å². The van der Waals surface area contributed by atoms with Gasteiger partial charge in [0.15, 0.2) is 5.78 Å². The van der Waals surface area contributed by atoms with Crippen LogP contribution in [0.2, 0.25) is 0 Å². The van der Waals surface area contributed by atoms with E-state index in [-0.39, 0.29) is 5.56 Å².